The summed E-state index contributed by atoms with van der Waals surface area (Å²) in [4.78, 5) is 14.3. The molecule has 0 aliphatic carbocycles. The normalized spacial score (nSPS) is 16.3. The Bertz CT molecular complexity index is 445. The second-order valence-electron chi connectivity index (χ2n) is 4.82. The second-order valence-corrected chi connectivity index (χ2v) is 5.74. The molecule has 0 spiro atoms. The smallest absolute Gasteiger partial charge is 0.255 e. The lowest BCUT2D eigenvalue weighted by Gasteiger charge is -2.26. The maximum atomic E-state index is 11.9. The largest absolute Gasteiger partial charge is 0.507 e. The van der Waals surface area contributed by atoms with E-state index in [9.17, 15) is 9.90 Å². The van der Waals surface area contributed by atoms with Gasteiger partial charge in [-0.3, -0.25) is 4.79 Å². The molecule has 1 fully saturated rings. The number of hydrogen-bond acceptors (Lipinski definition) is 3. The molecule has 0 radical (unpaired) electrons. The zero-order chi connectivity index (χ0) is 13.7. The van der Waals surface area contributed by atoms with E-state index in [0.29, 0.717) is 12.1 Å². The van der Waals surface area contributed by atoms with Gasteiger partial charge in [-0.2, -0.15) is 0 Å². The third-order valence-electron chi connectivity index (χ3n) is 3.37. The summed E-state index contributed by atoms with van der Waals surface area (Å²) in [5, 5.41) is 12.5. The standard InChI is InChI=1S/C14H19BrN2O2/c15-11-4-5-13(18)12(10-11)14(19)16-6-9-17-7-2-1-3-8-17/h4-5,10,18H,1-3,6-9H2,(H,16,19). The molecule has 1 aromatic carbocycles. The van der Waals surface area contributed by atoms with Gasteiger partial charge < -0.3 is 15.3 Å². The number of amides is 1. The van der Waals surface area contributed by atoms with Crippen LogP contribution in [0.15, 0.2) is 22.7 Å². The van der Waals surface area contributed by atoms with Crippen LogP contribution in [0.1, 0.15) is 29.6 Å². The lowest BCUT2D eigenvalue weighted by molar-refractivity contribution is 0.0944. The maximum Gasteiger partial charge on any atom is 0.255 e. The van der Waals surface area contributed by atoms with Crippen molar-refractivity contribution in [1.29, 1.82) is 0 Å². The number of nitrogens with zero attached hydrogens (tertiary/aromatic N) is 1. The van der Waals surface area contributed by atoms with Crippen molar-refractivity contribution in [3.8, 4) is 5.75 Å². The SMILES string of the molecule is O=C(NCCN1CCCCC1)c1cc(Br)ccc1O. The van der Waals surface area contributed by atoms with Gasteiger partial charge in [-0.05, 0) is 44.1 Å². The summed E-state index contributed by atoms with van der Waals surface area (Å²) < 4.78 is 0.784. The van der Waals surface area contributed by atoms with Crippen LogP contribution in [-0.2, 0) is 0 Å². The number of phenolic OH excluding ortho intramolecular Hbond substituents is 1. The first-order valence-corrected chi connectivity index (χ1v) is 7.45. The molecular formula is C14H19BrN2O2. The summed E-state index contributed by atoms with van der Waals surface area (Å²) in [6.45, 7) is 3.74. The Morgan fingerprint density at radius 1 is 1.32 bits per heavy atom. The van der Waals surface area contributed by atoms with E-state index >= 15 is 0 Å². The van der Waals surface area contributed by atoms with Crippen molar-refractivity contribution in [2.24, 2.45) is 0 Å². The molecule has 1 amide bonds. The lowest BCUT2D eigenvalue weighted by Crippen LogP contribution is -2.37. The Labute approximate surface area is 121 Å². The zero-order valence-electron chi connectivity index (χ0n) is 10.9. The van der Waals surface area contributed by atoms with Crippen molar-refractivity contribution in [3.63, 3.8) is 0 Å². The molecule has 0 unspecified atom stereocenters. The van der Waals surface area contributed by atoms with E-state index in [1.165, 1.54) is 25.3 Å². The van der Waals surface area contributed by atoms with Crippen molar-refractivity contribution in [2.75, 3.05) is 26.2 Å². The predicted molar refractivity (Wildman–Crippen MR) is 78.4 cm³/mol. The van der Waals surface area contributed by atoms with Gasteiger partial charge in [0.1, 0.15) is 5.75 Å². The summed E-state index contributed by atoms with van der Waals surface area (Å²) in [6, 6.07) is 4.86. The van der Waals surface area contributed by atoms with Crippen LogP contribution in [0.5, 0.6) is 5.75 Å². The van der Waals surface area contributed by atoms with Crippen LogP contribution >= 0.6 is 15.9 Å². The second kappa shape index (κ2) is 6.91. The fraction of sp³-hybridized carbons (Fsp3) is 0.500. The number of carbonyl (C=O) groups is 1. The van der Waals surface area contributed by atoms with E-state index < -0.39 is 0 Å². The molecule has 0 aromatic heterocycles. The van der Waals surface area contributed by atoms with Crippen LogP contribution in [0.3, 0.4) is 0 Å². The number of hydrogen-bond donors (Lipinski definition) is 2. The molecule has 0 atom stereocenters. The summed E-state index contributed by atoms with van der Waals surface area (Å²) in [5.74, 6) is -0.213. The highest BCUT2D eigenvalue weighted by molar-refractivity contribution is 9.10. The number of rotatable bonds is 4. The molecule has 0 bridgehead atoms. The van der Waals surface area contributed by atoms with Crippen molar-refractivity contribution >= 4 is 21.8 Å². The van der Waals surface area contributed by atoms with E-state index in [-0.39, 0.29) is 11.7 Å². The van der Waals surface area contributed by atoms with Crippen LogP contribution in [0.25, 0.3) is 0 Å². The molecule has 104 valence electrons. The predicted octanol–water partition coefficient (Wildman–Crippen LogP) is 2.37. The first-order chi connectivity index (χ1) is 9.16. The fourth-order valence-electron chi connectivity index (χ4n) is 2.30. The van der Waals surface area contributed by atoms with Gasteiger partial charge >= 0.3 is 0 Å². The quantitative estimate of drug-likeness (QED) is 0.893. The monoisotopic (exact) mass is 326 g/mol. The summed E-state index contributed by atoms with van der Waals surface area (Å²) in [6.07, 6.45) is 3.81. The van der Waals surface area contributed by atoms with E-state index in [4.69, 9.17) is 0 Å². The number of halogens is 1. The topological polar surface area (TPSA) is 52.6 Å². The fourth-order valence-corrected chi connectivity index (χ4v) is 2.66. The molecule has 0 saturated carbocycles. The van der Waals surface area contributed by atoms with Crippen molar-refractivity contribution in [1.82, 2.24) is 10.2 Å². The van der Waals surface area contributed by atoms with E-state index in [1.54, 1.807) is 12.1 Å². The van der Waals surface area contributed by atoms with Gasteiger partial charge in [0.2, 0.25) is 0 Å². The molecule has 1 aromatic rings. The Morgan fingerprint density at radius 2 is 2.05 bits per heavy atom. The molecule has 1 heterocycles. The molecule has 4 nitrogen and oxygen atoms in total. The molecule has 2 N–H and O–H groups in total. The van der Waals surface area contributed by atoms with Gasteiger partial charge in [0, 0.05) is 17.6 Å². The van der Waals surface area contributed by atoms with Gasteiger partial charge in [0.05, 0.1) is 5.56 Å². The molecular weight excluding hydrogens is 308 g/mol. The Morgan fingerprint density at radius 3 is 2.79 bits per heavy atom. The Kier molecular flexibility index (Phi) is 5.22. The third-order valence-corrected chi connectivity index (χ3v) is 3.86. The van der Waals surface area contributed by atoms with Crippen LogP contribution in [-0.4, -0.2) is 42.1 Å². The first-order valence-electron chi connectivity index (χ1n) is 6.66. The number of phenols is 1. The van der Waals surface area contributed by atoms with Crippen molar-refractivity contribution in [3.05, 3.63) is 28.2 Å². The summed E-state index contributed by atoms with van der Waals surface area (Å²) in [7, 11) is 0. The van der Waals surface area contributed by atoms with Gasteiger partial charge in [-0.15, -0.1) is 0 Å². The highest BCUT2D eigenvalue weighted by Gasteiger charge is 2.13. The Balaban J connectivity index is 1.82. The lowest BCUT2D eigenvalue weighted by atomic mass is 10.1. The zero-order valence-corrected chi connectivity index (χ0v) is 12.4. The summed E-state index contributed by atoms with van der Waals surface area (Å²) in [5.41, 5.74) is 0.313. The molecule has 1 aliphatic rings. The van der Waals surface area contributed by atoms with E-state index in [2.05, 4.69) is 26.1 Å². The average molecular weight is 327 g/mol. The van der Waals surface area contributed by atoms with Gasteiger partial charge in [0.15, 0.2) is 0 Å². The number of nitrogens with one attached hydrogen (secondary N) is 1. The minimum absolute atomic E-state index is 0.0127. The van der Waals surface area contributed by atoms with Gasteiger partial charge in [-0.25, -0.2) is 0 Å². The maximum absolute atomic E-state index is 11.9. The highest BCUT2D eigenvalue weighted by Crippen LogP contribution is 2.21. The van der Waals surface area contributed by atoms with Gasteiger partial charge in [0.25, 0.3) is 5.91 Å². The van der Waals surface area contributed by atoms with E-state index in [1.807, 2.05) is 0 Å². The van der Waals surface area contributed by atoms with Crippen molar-refractivity contribution in [2.45, 2.75) is 19.3 Å². The number of carbonyl (C=O) groups excluding carboxylic acids is 1. The van der Waals surface area contributed by atoms with Crippen LogP contribution < -0.4 is 5.32 Å². The molecule has 1 aliphatic heterocycles. The van der Waals surface area contributed by atoms with Crippen molar-refractivity contribution < 1.29 is 9.90 Å². The molecule has 5 heteroatoms. The highest BCUT2D eigenvalue weighted by atomic mass is 79.9. The summed E-state index contributed by atoms with van der Waals surface area (Å²) >= 11 is 3.30. The van der Waals surface area contributed by atoms with Gasteiger partial charge in [-0.1, -0.05) is 22.4 Å². The molecule has 1 saturated heterocycles. The minimum atomic E-state index is -0.226. The van der Waals surface area contributed by atoms with E-state index in [0.717, 1.165) is 24.1 Å². The van der Waals surface area contributed by atoms with Crippen LogP contribution in [0.2, 0.25) is 0 Å². The molecule has 2 rings (SSSR count). The number of likely N-dealkylation sites (tertiary alicyclic amines) is 1. The first kappa shape index (κ1) is 14.3. The van der Waals surface area contributed by atoms with Crippen LogP contribution in [0.4, 0.5) is 0 Å². The minimum Gasteiger partial charge on any atom is -0.507 e. The molecule has 19 heavy (non-hydrogen) atoms. The average Bonchev–Trinajstić information content (AvgIpc) is 2.42. The Hall–Kier alpha value is -1.07. The number of benzene rings is 1. The van der Waals surface area contributed by atoms with Crippen LogP contribution in [0, 0.1) is 0 Å². The number of piperidine rings is 1. The number of aromatic hydroxyl groups is 1. The third kappa shape index (κ3) is 4.21.